The highest BCUT2D eigenvalue weighted by molar-refractivity contribution is 7.17. The van der Waals surface area contributed by atoms with Crippen LogP contribution in [0.2, 0.25) is 0 Å². The summed E-state index contributed by atoms with van der Waals surface area (Å²) in [6.45, 7) is 3.93. The van der Waals surface area contributed by atoms with Crippen molar-refractivity contribution in [2.45, 2.75) is 20.4 Å². The zero-order valence-corrected chi connectivity index (χ0v) is 10.9. The van der Waals surface area contributed by atoms with Crippen molar-refractivity contribution in [3.05, 3.63) is 34.4 Å². The molecule has 94 valence electrons. The molecule has 0 bridgehead atoms. The first-order valence-corrected chi connectivity index (χ1v) is 6.17. The zero-order chi connectivity index (χ0) is 13.1. The Morgan fingerprint density at radius 1 is 1.44 bits per heavy atom. The number of nitrogens with zero attached hydrogens (tertiary/aromatic N) is 3. The summed E-state index contributed by atoms with van der Waals surface area (Å²) in [6, 6.07) is 1.77. The molecule has 2 rings (SSSR count). The molecule has 6 nitrogen and oxygen atoms in total. The van der Waals surface area contributed by atoms with E-state index in [-0.39, 0.29) is 5.91 Å². The summed E-state index contributed by atoms with van der Waals surface area (Å²) in [6.07, 6.45) is 1.67. The number of aromatic nitrogens is 3. The summed E-state index contributed by atoms with van der Waals surface area (Å²) in [7, 11) is 0. The molecule has 2 aromatic rings. The number of carbonyl (C=O) groups is 1. The van der Waals surface area contributed by atoms with E-state index in [1.54, 1.807) is 26.1 Å². The molecule has 18 heavy (non-hydrogen) atoms. The first kappa shape index (κ1) is 12.4. The van der Waals surface area contributed by atoms with Gasteiger partial charge in [-0.1, -0.05) is 11.3 Å². The maximum absolute atomic E-state index is 11.9. The summed E-state index contributed by atoms with van der Waals surface area (Å²) in [4.78, 5) is 24.6. The lowest BCUT2D eigenvalue weighted by Gasteiger charge is -2.03. The van der Waals surface area contributed by atoms with E-state index < -0.39 is 0 Å². The third-order valence-corrected chi connectivity index (χ3v) is 3.27. The van der Waals surface area contributed by atoms with Gasteiger partial charge in [0, 0.05) is 6.20 Å². The second kappa shape index (κ2) is 5.09. The number of hydrogen-bond acceptors (Lipinski definition) is 6. The minimum atomic E-state index is -0.182. The average Bonchev–Trinajstić information content (AvgIpc) is 2.66. The smallest absolute Gasteiger partial charge is 0.263 e. The van der Waals surface area contributed by atoms with Crippen LogP contribution in [0.15, 0.2) is 12.3 Å². The van der Waals surface area contributed by atoms with Gasteiger partial charge < -0.3 is 11.1 Å². The molecular formula is C11H13N5OS. The van der Waals surface area contributed by atoms with Crippen LogP contribution < -0.4 is 11.1 Å². The van der Waals surface area contributed by atoms with E-state index in [1.807, 2.05) is 0 Å². The first-order valence-electron chi connectivity index (χ1n) is 5.36. The van der Waals surface area contributed by atoms with Crippen molar-refractivity contribution in [1.29, 1.82) is 0 Å². The molecule has 0 fully saturated rings. The maximum atomic E-state index is 11.9. The van der Waals surface area contributed by atoms with Crippen LogP contribution in [0.3, 0.4) is 0 Å². The Labute approximate surface area is 108 Å². The number of nitrogen functional groups attached to an aromatic ring is 1. The fraction of sp³-hybridized carbons (Fsp3) is 0.273. The number of rotatable bonds is 3. The van der Waals surface area contributed by atoms with Crippen molar-refractivity contribution in [3.8, 4) is 0 Å². The highest BCUT2D eigenvalue weighted by Crippen LogP contribution is 2.19. The number of anilines is 1. The highest BCUT2D eigenvalue weighted by Gasteiger charge is 2.13. The largest absolute Gasteiger partial charge is 0.375 e. The number of amides is 1. The molecule has 2 heterocycles. The summed E-state index contributed by atoms with van der Waals surface area (Å²) in [5.74, 6) is 0.498. The van der Waals surface area contributed by atoms with E-state index in [4.69, 9.17) is 5.73 Å². The Morgan fingerprint density at radius 2 is 2.22 bits per heavy atom. The predicted molar refractivity (Wildman–Crippen MR) is 69.2 cm³/mol. The average molecular weight is 263 g/mol. The molecule has 0 spiro atoms. The van der Waals surface area contributed by atoms with Crippen molar-refractivity contribution < 1.29 is 4.79 Å². The molecule has 0 aromatic carbocycles. The van der Waals surface area contributed by atoms with Gasteiger partial charge in [-0.2, -0.15) is 0 Å². The van der Waals surface area contributed by atoms with E-state index in [0.29, 0.717) is 28.1 Å². The lowest BCUT2D eigenvalue weighted by atomic mass is 10.3. The molecule has 0 aliphatic carbocycles. The number of hydrogen-bond donors (Lipinski definition) is 2. The van der Waals surface area contributed by atoms with Gasteiger partial charge in [-0.05, 0) is 19.9 Å². The number of carbonyl (C=O) groups excluding carboxylic acids is 1. The molecule has 0 aliphatic rings. The Balaban J connectivity index is 2.03. The third kappa shape index (κ3) is 2.80. The third-order valence-electron chi connectivity index (χ3n) is 2.28. The van der Waals surface area contributed by atoms with Gasteiger partial charge in [-0.3, -0.25) is 4.79 Å². The zero-order valence-electron chi connectivity index (χ0n) is 10.1. The van der Waals surface area contributed by atoms with Gasteiger partial charge in [0.15, 0.2) is 5.13 Å². The first-order chi connectivity index (χ1) is 8.56. The molecule has 0 saturated carbocycles. The van der Waals surface area contributed by atoms with Crippen LogP contribution in [0.25, 0.3) is 0 Å². The summed E-state index contributed by atoms with van der Waals surface area (Å²) < 4.78 is 0. The minimum Gasteiger partial charge on any atom is -0.375 e. The number of nitrogens with one attached hydrogen (secondary N) is 1. The SMILES string of the molecule is Cc1nccc(CNC(=O)c2sc(N)nc2C)n1. The van der Waals surface area contributed by atoms with Crippen LogP contribution in [0, 0.1) is 13.8 Å². The van der Waals surface area contributed by atoms with Crippen LogP contribution in [-0.2, 0) is 6.54 Å². The Hall–Kier alpha value is -2.02. The van der Waals surface area contributed by atoms with Gasteiger partial charge in [0.2, 0.25) is 0 Å². The molecule has 0 saturated heterocycles. The van der Waals surface area contributed by atoms with Gasteiger partial charge in [0.05, 0.1) is 17.9 Å². The molecule has 0 radical (unpaired) electrons. The maximum Gasteiger partial charge on any atom is 0.263 e. The lowest BCUT2D eigenvalue weighted by Crippen LogP contribution is -2.23. The highest BCUT2D eigenvalue weighted by atomic mass is 32.1. The Kier molecular flexibility index (Phi) is 3.52. The van der Waals surface area contributed by atoms with E-state index in [0.717, 1.165) is 5.69 Å². The van der Waals surface area contributed by atoms with E-state index in [2.05, 4.69) is 20.3 Å². The monoisotopic (exact) mass is 263 g/mol. The molecule has 0 atom stereocenters. The normalized spacial score (nSPS) is 10.3. The van der Waals surface area contributed by atoms with Gasteiger partial charge in [0.1, 0.15) is 10.7 Å². The molecule has 7 heteroatoms. The summed E-state index contributed by atoms with van der Waals surface area (Å²) in [5, 5.41) is 3.18. The van der Waals surface area contributed by atoms with Gasteiger partial charge >= 0.3 is 0 Å². The van der Waals surface area contributed by atoms with Crippen LogP contribution in [0.4, 0.5) is 5.13 Å². The molecule has 1 amide bonds. The molecular weight excluding hydrogens is 250 g/mol. The standard InChI is InChI=1S/C11H13N5OS/c1-6-9(18-11(12)15-6)10(17)14-5-8-3-4-13-7(2)16-8/h3-4H,5H2,1-2H3,(H2,12,15)(H,14,17). The summed E-state index contributed by atoms with van der Waals surface area (Å²) >= 11 is 1.18. The van der Waals surface area contributed by atoms with Gasteiger partial charge in [0.25, 0.3) is 5.91 Å². The van der Waals surface area contributed by atoms with E-state index in [9.17, 15) is 4.79 Å². The van der Waals surface area contributed by atoms with Crippen molar-refractivity contribution in [1.82, 2.24) is 20.3 Å². The topological polar surface area (TPSA) is 93.8 Å². The van der Waals surface area contributed by atoms with E-state index >= 15 is 0 Å². The van der Waals surface area contributed by atoms with Crippen LogP contribution in [0.5, 0.6) is 0 Å². The number of thiazole rings is 1. The molecule has 2 aromatic heterocycles. The molecule has 0 unspecified atom stereocenters. The lowest BCUT2D eigenvalue weighted by molar-refractivity contribution is 0.0953. The fourth-order valence-electron chi connectivity index (χ4n) is 1.48. The second-order valence-electron chi connectivity index (χ2n) is 3.74. The van der Waals surface area contributed by atoms with E-state index in [1.165, 1.54) is 11.3 Å². The van der Waals surface area contributed by atoms with Crippen LogP contribution in [-0.4, -0.2) is 20.9 Å². The van der Waals surface area contributed by atoms with Gasteiger partial charge in [-0.25, -0.2) is 15.0 Å². The van der Waals surface area contributed by atoms with Crippen molar-refractivity contribution in [3.63, 3.8) is 0 Å². The minimum absolute atomic E-state index is 0.182. The van der Waals surface area contributed by atoms with Gasteiger partial charge in [-0.15, -0.1) is 0 Å². The van der Waals surface area contributed by atoms with Crippen molar-refractivity contribution >= 4 is 22.4 Å². The molecule has 3 N–H and O–H groups in total. The second-order valence-corrected chi connectivity index (χ2v) is 4.78. The Morgan fingerprint density at radius 3 is 2.83 bits per heavy atom. The quantitative estimate of drug-likeness (QED) is 0.863. The summed E-state index contributed by atoms with van der Waals surface area (Å²) in [5.41, 5.74) is 6.97. The number of aryl methyl sites for hydroxylation is 2. The molecule has 0 aliphatic heterocycles. The van der Waals surface area contributed by atoms with Crippen LogP contribution >= 0.6 is 11.3 Å². The van der Waals surface area contributed by atoms with Crippen molar-refractivity contribution in [2.24, 2.45) is 0 Å². The Bertz CT molecular complexity index is 581. The fourth-order valence-corrected chi connectivity index (χ4v) is 2.23. The number of nitrogens with two attached hydrogens (primary N) is 1. The van der Waals surface area contributed by atoms with Crippen LogP contribution in [0.1, 0.15) is 26.9 Å². The van der Waals surface area contributed by atoms with Crippen molar-refractivity contribution in [2.75, 3.05) is 5.73 Å². The predicted octanol–water partition coefficient (Wildman–Crippen LogP) is 1.06.